The van der Waals surface area contributed by atoms with Gasteiger partial charge >= 0.3 is 0 Å². The molecular formula is C15H26N2. The smallest absolute Gasteiger partial charge is 0.0320 e. The van der Waals surface area contributed by atoms with Crippen molar-refractivity contribution in [2.24, 2.45) is 5.73 Å². The Balaban J connectivity index is 2.96. The van der Waals surface area contributed by atoms with Crippen LogP contribution in [0, 0.1) is 6.92 Å². The summed E-state index contributed by atoms with van der Waals surface area (Å²) in [4.78, 5) is 0. The maximum Gasteiger partial charge on any atom is 0.0320 e. The summed E-state index contributed by atoms with van der Waals surface area (Å²) in [6.07, 6.45) is 2.17. The van der Waals surface area contributed by atoms with Gasteiger partial charge in [-0.05, 0) is 56.0 Å². The molecule has 1 aromatic carbocycles. The third-order valence-electron chi connectivity index (χ3n) is 3.39. The third-order valence-corrected chi connectivity index (χ3v) is 3.39. The fraction of sp³-hybridized carbons (Fsp3) is 0.600. The van der Waals surface area contributed by atoms with Crippen LogP contribution in [0.3, 0.4) is 0 Å². The minimum Gasteiger partial charge on any atom is -0.330 e. The van der Waals surface area contributed by atoms with Crippen molar-refractivity contribution >= 4 is 0 Å². The molecule has 0 amide bonds. The van der Waals surface area contributed by atoms with E-state index in [1.54, 1.807) is 0 Å². The summed E-state index contributed by atoms with van der Waals surface area (Å²) >= 11 is 0. The van der Waals surface area contributed by atoms with E-state index in [1.807, 2.05) is 7.05 Å². The van der Waals surface area contributed by atoms with E-state index in [4.69, 9.17) is 5.73 Å². The van der Waals surface area contributed by atoms with Gasteiger partial charge in [-0.15, -0.1) is 0 Å². The molecule has 0 fully saturated rings. The van der Waals surface area contributed by atoms with E-state index in [1.165, 1.54) is 16.7 Å². The van der Waals surface area contributed by atoms with Gasteiger partial charge in [0.05, 0.1) is 0 Å². The van der Waals surface area contributed by atoms with Crippen LogP contribution in [0.4, 0.5) is 0 Å². The molecule has 0 bridgehead atoms. The number of nitrogens with two attached hydrogens (primary N) is 1. The predicted molar refractivity (Wildman–Crippen MR) is 75.4 cm³/mol. The third kappa shape index (κ3) is 3.83. The maximum absolute atomic E-state index is 5.60. The van der Waals surface area contributed by atoms with Crippen molar-refractivity contribution in [2.45, 2.75) is 45.6 Å². The Morgan fingerprint density at radius 1 is 1.29 bits per heavy atom. The molecule has 0 aliphatic rings. The van der Waals surface area contributed by atoms with Crippen LogP contribution in [0.25, 0.3) is 0 Å². The molecule has 0 saturated carbocycles. The van der Waals surface area contributed by atoms with Gasteiger partial charge in [-0.3, -0.25) is 0 Å². The van der Waals surface area contributed by atoms with E-state index in [9.17, 15) is 0 Å². The normalized spacial score (nSPS) is 13.1. The van der Waals surface area contributed by atoms with E-state index >= 15 is 0 Å². The van der Waals surface area contributed by atoms with Gasteiger partial charge in [-0.2, -0.15) is 0 Å². The second-order valence-corrected chi connectivity index (χ2v) is 5.04. The molecular weight excluding hydrogens is 208 g/mol. The summed E-state index contributed by atoms with van der Waals surface area (Å²) in [5.41, 5.74) is 9.80. The van der Waals surface area contributed by atoms with E-state index in [2.05, 4.69) is 44.3 Å². The lowest BCUT2D eigenvalue weighted by molar-refractivity contribution is 0.528. The highest BCUT2D eigenvalue weighted by Crippen LogP contribution is 2.25. The predicted octanol–water partition coefficient (Wildman–Crippen LogP) is 3.12. The second kappa shape index (κ2) is 6.77. The highest BCUT2D eigenvalue weighted by atomic mass is 14.9. The number of hydrogen-bond acceptors (Lipinski definition) is 2. The Bertz CT molecular complexity index is 345. The van der Waals surface area contributed by atoms with Crippen LogP contribution >= 0.6 is 0 Å². The van der Waals surface area contributed by atoms with Gasteiger partial charge in [-0.1, -0.05) is 32.0 Å². The Labute approximate surface area is 106 Å². The minimum atomic E-state index is 0.428. The Hall–Kier alpha value is -0.860. The van der Waals surface area contributed by atoms with Gasteiger partial charge in [0.15, 0.2) is 0 Å². The first-order valence-corrected chi connectivity index (χ1v) is 6.58. The van der Waals surface area contributed by atoms with Crippen molar-refractivity contribution in [1.29, 1.82) is 0 Å². The van der Waals surface area contributed by atoms with Crippen LogP contribution in [0.1, 0.15) is 55.3 Å². The fourth-order valence-electron chi connectivity index (χ4n) is 2.17. The number of nitrogens with one attached hydrogen (secondary N) is 1. The Morgan fingerprint density at radius 3 is 2.53 bits per heavy atom. The van der Waals surface area contributed by atoms with E-state index < -0.39 is 0 Å². The topological polar surface area (TPSA) is 38.0 Å². The van der Waals surface area contributed by atoms with Crippen molar-refractivity contribution in [2.75, 3.05) is 13.6 Å². The van der Waals surface area contributed by atoms with E-state index in [0.717, 1.165) is 19.4 Å². The molecule has 17 heavy (non-hydrogen) atoms. The fourth-order valence-corrected chi connectivity index (χ4v) is 2.17. The summed E-state index contributed by atoms with van der Waals surface area (Å²) in [6, 6.07) is 7.24. The summed E-state index contributed by atoms with van der Waals surface area (Å²) in [5.74, 6) is 0.585. The first kappa shape index (κ1) is 14.2. The van der Waals surface area contributed by atoms with Gasteiger partial charge < -0.3 is 11.1 Å². The quantitative estimate of drug-likeness (QED) is 0.793. The van der Waals surface area contributed by atoms with Crippen molar-refractivity contribution in [3.8, 4) is 0 Å². The van der Waals surface area contributed by atoms with Crippen molar-refractivity contribution in [3.63, 3.8) is 0 Å². The molecule has 1 atom stereocenters. The summed E-state index contributed by atoms with van der Waals surface area (Å²) in [7, 11) is 2.03. The molecule has 3 N–H and O–H groups in total. The van der Waals surface area contributed by atoms with Crippen LogP contribution in [0.15, 0.2) is 18.2 Å². The molecule has 0 aliphatic heterocycles. The standard InChI is InChI=1S/C15H26N2/c1-11(2)13-8-7-12(3)14(10-13)15(17-4)6-5-9-16/h7-8,10-11,15,17H,5-6,9,16H2,1-4H3. The maximum atomic E-state index is 5.60. The lowest BCUT2D eigenvalue weighted by Crippen LogP contribution is -2.19. The lowest BCUT2D eigenvalue weighted by Gasteiger charge is -2.20. The number of benzene rings is 1. The molecule has 2 heteroatoms. The molecule has 96 valence electrons. The van der Waals surface area contributed by atoms with Crippen LogP contribution < -0.4 is 11.1 Å². The number of aryl methyl sites for hydroxylation is 1. The number of rotatable bonds is 6. The Morgan fingerprint density at radius 2 is 2.00 bits per heavy atom. The summed E-state index contributed by atoms with van der Waals surface area (Å²) in [5, 5.41) is 3.40. The van der Waals surface area contributed by atoms with Crippen molar-refractivity contribution < 1.29 is 0 Å². The molecule has 0 radical (unpaired) electrons. The van der Waals surface area contributed by atoms with E-state index in [0.29, 0.717) is 12.0 Å². The average molecular weight is 234 g/mol. The van der Waals surface area contributed by atoms with E-state index in [-0.39, 0.29) is 0 Å². The molecule has 2 nitrogen and oxygen atoms in total. The first-order valence-electron chi connectivity index (χ1n) is 6.58. The zero-order chi connectivity index (χ0) is 12.8. The highest BCUT2D eigenvalue weighted by molar-refractivity contribution is 5.34. The van der Waals surface area contributed by atoms with Gasteiger partial charge in [0, 0.05) is 6.04 Å². The van der Waals surface area contributed by atoms with Gasteiger partial charge in [0.2, 0.25) is 0 Å². The summed E-state index contributed by atoms with van der Waals surface area (Å²) in [6.45, 7) is 7.43. The molecule has 0 spiro atoms. The molecule has 0 heterocycles. The first-order chi connectivity index (χ1) is 8.10. The monoisotopic (exact) mass is 234 g/mol. The molecule has 1 unspecified atom stereocenters. The Kier molecular flexibility index (Phi) is 5.66. The van der Waals surface area contributed by atoms with Gasteiger partial charge in [-0.25, -0.2) is 0 Å². The van der Waals surface area contributed by atoms with Crippen LogP contribution in [0.5, 0.6) is 0 Å². The molecule has 0 aromatic heterocycles. The largest absolute Gasteiger partial charge is 0.330 e. The molecule has 1 rings (SSSR count). The molecule has 0 saturated heterocycles. The summed E-state index contributed by atoms with van der Waals surface area (Å²) < 4.78 is 0. The molecule has 1 aromatic rings. The zero-order valence-electron chi connectivity index (χ0n) is 11.6. The molecule has 0 aliphatic carbocycles. The second-order valence-electron chi connectivity index (χ2n) is 5.04. The van der Waals surface area contributed by atoms with Gasteiger partial charge in [0.25, 0.3) is 0 Å². The van der Waals surface area contributed by atoms with Crippen molar-refractivity contribution in [3.05, 3.63) is 34.9 Å². The number of hydrogen-bond donors (Lipinski definition) is 2. The zero-order valence-corrected chi connectivity index (χ0v) is 11.6. The van der Waals surface area contributed by atoms with Crippen LogP contribution in [-0.2, 0) is 0 Å². The van der Waals surface area contributed by atoms with Gasteiger partial charge in [0.1, 0.15) is 0 Å². The minimum absolute atomic E-state index is 0.428. The van der Waals surface area contributed by atoms with Crippen molar-refractivity contribution in [1.82, 2.24) is 5.32 Å². The van der Waals surface area contributed by atoms with Crippen LogP contribution in [-0.4, -0.2) is 13.6 Å². The van der Waals surface area contributed by atoms with Crippen LogP contribution in [0.2, 0.25) is 0 Å². The highest BCUT2D eigenvalue weighted by Gasteiger charge is 2.12. The average Bonchev–Trinajstić information content (AvgIpc) is 2.31. The lowest BCUT2D eigenvalue weighted by atomic mass is 9.92. The SMILES string of the molecule is CNC(CCCN)c1cc(C(C)C)ccc1C.